The lowest BCUT2D eigenvalue weighted by Gasteiger charge is -2.37. The summed E-state index contributed by atoms with van der Waals surface area (Å²) in [6.07, 6.45) is 12.2. The number of hydrogen-bond donors (Lipinski definition) is 4. The largest absolute Gasteiger partial charge is 0.463 e. The molecule has 0 spiro atoms. The summed E-state index contributed by atoms with van der Waals surface area (Å²) < 4.78 is 17.1. The average molecular weight is 446 g/mol. The molecule has 0 aromatic rings. The first-order valence-electron chi connectivity index (χ1n) is 12.7. The molecule has 0 aromatic carbocycles. The molecule has 1 rings (SSSR count). The van der Waals surface area contributed by atoms with Gasteiger partial charge in [-0.2, -0.15) is 0 Å². The lowest BCUT2D eigenvalue weighted by atomic mass is 9.99. The van der Waals surface area contributed by atoms with Gasteiger partial charge in [0.25, 0.3) is 0 Å². The summed E-state index contributed by atoms with van der Waals surface area (Å²) in [5.74, 6) is -0.407. The van der Waals surface area contributed by atoms with Crippen LogP contribution in [0.4, 0.5) is 0 Å². The van der Waals surface area contributed by atoms with Gasteiger partial charge in [0.2, 0.25) is 0 Å². The number of unbranched alkanes of at least 4 members (excludes halogenated alkanes) is 11. The molecular formula is C24H44O7. The molecule has 4 N–H and O–H groups in total. The molecule has 0 bridgehead atoms. The third kappa shape index (κ3) is 12.6. The van der Waals surface area contributed by atoms with Crippen LogP contribution in [0.1, 0.15) is 98.2 Å². The monoisotopic (exact) mass is 445 g/mol. The van der Waals surface area contributed by atoms with Gasteiger partial charge in [0.1, 0.15) is 31.0 Å². The smallest absolute Gasteiger partial charge is 0.305 e. The molecule has 0 radical (unpaired) electrons. The molecule has 182 valence electrons. The molecule has 0 saturated carbocycles. The second kappa shape index (κ2) is 17.6. The van der Waals surface area contributed by atoms with Crippen molar-refractivity contribution in [3.8, 4) is 0 Å². The summed E-state index contributed by atoms with van der Waals surface area (Å²) in [5, 5.41) is 38.3. The quantitative estimate of drug-likeness (QED) is 0.154. The maximum Gasteiger partial charge on any atom is 0.305 e. The van der Waals surface area contributed by atoms with E-state index in [1.165, 1.54) is 32.1 Å². The van der Waals surface area contributed by atoms with E-state index in [-0.39, 0.29) is 13.0 Å². The Bertz CT molecular complexity index is 503. The summed E-state index contributed by atoms with van der Waals surface area (Å²) in [5.41, 5.74) is 0. The predicted molar refractivity (Wildman–Crippen MR) is 119 cm³/mol. The molecule has 7 heteroatoms. The molecule has 0 amide bonds. The maximum atomic E-state index is 11.8. The Kier molecular flexibility index (Phi) is 14.9. The molecule has 1 unspecified atom stereocenters. The zero-order chi connectivity index (χ0) is 23.6. The number of carbonyl (C=O) groups excluding carboxylic acids is 1. The number of allylic oxidation sites excluding steroid dienone is 2. The van der Waals surface area contributed by atoms with Crippen molar-refractivity contribution < 1.29 is 36.1 Å². The van der Waals surface area contributed by atoms with Gasteiger partial charge in [-0.1, -0.05) is 70.4 Å². The fraction of sp³-hybridized carbons (Fsp3) is 0.875. The number of rotatable bonds is 17. The van der Waals surface area contributed by atoms with Crippen LogP contribution in [0.3, 0.4) is 0 Å². The molecule has 7 nitrogen and oxygen atoms in total. The van der Waals surface area contributed by atoms with E-state index in [9.17, 15) is 25.2 Å². The molecule has 1 aliphatic rings. The highest BCUT2D eigenvalue weighted by Crippen LogP contribution is 2.20. The Balaban J connectivity index is 1.91. The van der Waals surface area contributed by atoms with Crippen LogP contribution < -0.4 is 0 Å². The van der Waals surface area contributed by atoms with Gasteiger partial charge >= 0.3 is 5.97 Å². The second-order valence-corrected chi connectivity index (χ2v) is 8.41. The molecule has 1 heterocycles. The minimum Gasteiger partial charge on any atom is -0.463 e. The highest BCUT2D eigenvalue weighted by Gasteiger charge is 2.43. The SMILES string of the molecule is [2H]CCCCCCCCC=CCCCCCCCC(=O)OC[C@H]1OC(O)[C@H](O)[C@@H](O)[C@@H]1O. The van der Waals surface area contributed by atoms with Gasteiger partial charge in [0, 0.05) is 7.79 Å². The first kappa shape index (κ1) is 26.3. The van der Waals surface area contributed by atoms with Gasteiger partial charge in [0.15, 0.2) is 6.29 Å². The van der Waals surface area contributed by atoms with Gasteiger partial charge in [-0.25, -0.2) is 0 Å². The summed E-state index contributed by atoms with van der Waals surface area (Å²) in [6, 6.07) is 0. The molecule has 0 aromatic heterocycles. The van der Waals surface area contributed by atoms with E-state index in [1.807, 2.05) is 0 Å². The highest BCUT2D eigenvalue weighted by atomic mass is 16.6. The minimum absolute atomic E-state index is 0.277. The number of aliphatic hydroxyl groups excluding tert-OH is 4. The van der Waals surface area contributed by atoms with Crippen molar-refractivity contribution in [3.05, 3.63) is 12.2 Å². The van der Waals surface area contributed by atoms with E-state index in [4.69, 9.17) is 10.8 Å². The topological polar surface area (TPSA) is 116 Å². The summed E-state index contributed by atoms with van der Waals surface area (Å²) in [4.78, 5) is 11.8. The van der Waals surface area contributed by atoms with Gasteiger partial charge in [0.05, 0.1) is 0 Å². The van der Waals surface area contributed by atoms with Crippen molar-refractivity contribution in [2.45, 2.75) is 127 Å². The number of aliphatic hydroxyl groups is 4. The normalized spacial score (nSPS) is 26.8. The van der Waals surface area contributed by atoms with Gasteiger partial charge < -0.3 is 29.9 Å². The van der Waals surface area contributed by atoms with Crippen molar-refractivity contribution in [1.82, 2.24) is 0 Å². The lowest BCUT2D eigenvalue weighted by molar-refractivity contribution is -0.287. The van der Waals surface area contributed by atoms with E-state index in [0.717, 1.165) is 51.4 Å². The molecular weight excluding hydrogens is 400 g/mol. The van der Waals surface area contributed by atoms with Crippen LogP contribution in [-0.2, 0) is 14.3 Å². The van der Waals surface area contributed by atoms with Crippen LogP contribution in [0.2, 0.25) is 0 Å². The van der Waals surface area contributed by atoms with Crippen molar-refractivity contribution in [2.75, 3.05) is 6.61 Å². The van der Waals surface area contributed by atoms with Crippen LogP contribution >= 0.6 is 0 Å². The third-order valence-corrected chi connectivity index (χ3v) is 5.63. The van der Waals surface area contributed by atoms with Crippen LogP contribution in [0.25, 0.3) is 0 Å². The molecule has 1 saturated heterocycles. The van der Waals surface area contributed by atoms with Crippen molar-refractivity contribution in [3.63, 3.8) is 0 Å². The van der Waals surface area contributed by atoms with E-state index >= 15 is 0 Å². The van der Waals surface area contributed by atoms with Crippen molar-refractivity contribution in [2.24, 2.45) is 0 Å². The first-order valence-corrected chi connectivity index (χ1v) is 11.9. The Morgan fingerprint density at radius 3 is 2.06 bits per heavy atom. The zero-order valence-electron chi connectivity index (χ0n) is 19.9. The van der Waals surface area contributed by atoms with Crippen LogP contribution in [0.5, 0.6) is 0 Å². The standard InChI is InChI=1S/C24H44O7/c1-2-3-4-5-6-7-8-9-10-11-12-13-14-15-16-17-20(25)30-18-19-21(26)22(27)23(28)24(29)31-19/h9-10,19,21-24,26-29H,2-8,11-18H2,1H3/t19-,21-,22+,23-,24?/m1/s1/i1D. The number of carbonyl (C=O) groups is 1. The Morgan fingerprint density at radius 1 is 0.839 bits per heavy atom. The minimum atomic E-state index is -1.62. The number of esters is 1. The second-order valence-electron chi connectivity index (χ2n) is 8.41. The van der Waals surface area contributed by atoms with E-state index in [0.29, 0.717) is 6.90 Å². The molecule has 1 aliphatic heterocycles. The maximum absolute atomic E-state index is 11.8. The summed E-state index contributed by atoms with van der Waals surface area (Å²) in [6.45, 7) is 0.280. The van der Waals surface area contributed by atoms with Crippen LogP contribution in [0, 0.1) is 0 Å². The fourth-order valence-electron chi connectivity index (χ4n) is 3.58. The molecule has 0 aliphatic carbocycles. The number of ether oxygens (including phenoxy) is 2. The van der Waals surface area contributed by atoms with Gasteiger partial charge in [-0.05, 0) is 32.1 Å². The average Bonchev–Trinajstić information content (AvgIpc) is 2.78. The molecule has 31 heavy (non-hydrogen) atoms. The predicted octanol–water partition coefficient (Wildman–Crippen LogP) is 3.37. The Hall–Kier alpha value is -0.990. The van der Waals surface area contributed by atoms with Gasteiger partial charge in [-0.3, -0.25) is 4.79 Å². The number of hydrogen-bond acceptors (Lipinski definition) is 7. The van der Waals surface area contributed by atoms with E-state index < -0.39 is 36.7 Å². The van der Waals surface area contributed by atoms with Crippen LogP contribution in [0.15, 0.2) is 12.2 Å². The Morgan fingerprint density at radius 2 is 1.42 bits per heavy atom. The lowest BCUT2D eigenvalue weighted by Crippen LogP contribution is -2.58. The summed E-state index contributed by atoms with van der Waals surface area (Å²) >= 11 is 0. The van der Waals surface area contributed by atoms with Crippen LogP contribution in [-0.4, -0.2) is 63.7 Å². The zero-order valence-corrected chi connectivity index (χ0v) is 18.9. The molecule has 1 fully saturated rings. The fourth-order valence-corrected chi connectivity index (χ4v) is 3.58. The van der Waals surface area contributed by atoms with Crippen molar-refractivity contribution >= 4 is 5.97 Å². The Labute approximate surface area is 188 Å². The van der Waals surface area contributed by atoms with E-state index in [2.05, 4.69) is 12.2 Å². The highest BCUT2D eigenvalue weighted by molar-refractivity contribution is 5.69. The first-order chi connectivity index (χ1) is 15.5. The molecule has 5 atom stereocenters. The third-order valence-electron chi connectivity index (χ3n) is 5.63. The summed E-state index contributed by atoms with van der Waals surface area (Å²) in [7, 11) is 0. The van der Waals surface area contributed by atoms with Gasteiger partial charge in [-0.15, -0.1) is 0 Å². The van der Waals surface area contributed by atoms with Crippen molar-refractivity contribution in [1.29, 1.82) is 0 Å². The van der Waals surface area contributed by atoms with E-state index in [1.54, 1.807) is 0 Å².